The molecule has 0 aliphatic heterocycles. The van der Waals surface area contributed by atoms with E-state index in [1.54, 1.807) is 0 Å². The van der Waals surface area contributed by atoms with E-state index in [2.05, 4.69) is 23.7 Å². The molecule has 17 heavy (non-hydrogen) atoms. The number of hydrogen-bond acceptors (Lipinski definition) is 1. The summed E-state index contributed by atoms with van der Waals surface area (Å²) in [6.07, 6.45) is 9.03. The van der Waals surface area contributed by atoms with Gasteiger partial charge in [0.2, 0.25) is 0 Å². The zero-order chi connectivity index (χ0) is 12.3. The van der Waals surface area contributed by atoms with Gasteiger partial charge in [-0.3, -0.25) is 0 Å². The maximum Gasteiger partial charge on any atom is 0.191 e. The van der Waals surface area contributed by atoms with Gasteiger partial charge < -0.3 is 10.6 Å². The quantitative estimate of drug-likeness (QED) is 0.590. The largest absolute Gasteiger partial charge is 0.370 e. The first kappa shape index (κ1) is 12.7. The molecule has 2 aliphatic carbocycles. The molecule has 3 heteroatoms. The van der Waals surface area contributed by atoms with Crippen LogP contribution in [-0.2, 0) is 0 Å². The van der Waals surface area contributed by atoms with E-state index in [1.165, 1.54) is 44.9 Å². The summed E-state index contributed by atoms with van der Waals surface area (Å²) in [7, 11) is 0. The summed E-state index contributed by atoms with van der Waals surface area (Å²) in [4.78, 5) is 7.03. The molecule has 2 aliphatic rings. The predicted octanol–water partition coefficient (Wildman–Crippen LogP) is 2.75. The zero-order valence-corrected chi connectivity index (χ0v) is 11.4. The first-order chi connectivity index (χ1) is 8.16. The lowest BCUT2D eigenvalue weighted by Gasteiger charge is -2.30. The van der Waals surface area contributed by atoms with Gasteiger partial charge in [0, 0.05) is 12.6 Å². The highest BCUT2D eigenvalue weighted by Gasteiger charge is 2.26. The fraction of sp³-hybridized carbons (Fsp3) is 0.929. The summed E-state index contributed by atoms with van der Waals surface area (Å²) in [5.74, 6) is 1.56. The molecular formula is C14H27N3. The zero-order valence-electron chi connectivity index (χ0n) is 11.4. The highest BCUT2D eigenvalue weighted by molar-refractivity contribution is 5.78. The Bertz CT molecular complexity index is 263. The van der Waals surface area contributed by atoms with Crippen molar-refractivity contribution in [1.29, 1.82) is 0 Å². The Kier molecular flexibility index (Phi) is 4.30. The van der Waals surface area contributed by atoms with Crippen LogP contribution < -0.4 is 5.73 Å². The standard InChI is InChI=1S/C14H27N3/c1-11(2)9-10-17(13-5-3-4-6-13)14(15)16-12-7-8-12/h11-13H,3-10H2,1-2H3,(H2,15,16). The molecule has 0 spiro atoms. The molecule has 0 saturated heterocycles. The maximum atomic E-state index is 6.20. The lowest BCUT2D eigenvalue weighted by molar-refractivity contribution is 0.292. The maximum absolute atomic E-state index is 6.20. The Balaban J connectivity index is 1.94. The Morgan fingerprint density at radius 3 is 2.41 bits per heavy atom. The van der Waals surface area contributed by atoms with Gasteiger partial charge >= 0.3 is 0 Å². The second-order valence-corrected chi connectivity index (χ2v) is 6.03. The first-order valence-corrected chi connectivity index (χ1v) is 7.26. The SMILES string of the molecule is CC(C)CCN(C(N)=NC1CC1)C1CCCC1. The normalized spacial score (nSPS) is 22.4. The molecule has 0 bridgehead atoms. The Morgan fingerprint density at radius 2 is 1.88 bits per heavy atom. The minimum absolute atomic E-state index is 0.540. The van der Waals surface area contributed by atoms with Crippen LogP contribution in [0.2, 0.25) is 0 Å². The molecule has 0 radical (unpaired) electrons. The van der Waals surface area contributed by atoms with Crippen molar-refractivity contribution in [2.75, 3.05) is 6.54 Å². The van der Waals surface area contributed by atoms with Crippen molar-refractivity contribution in [3.05, 3.63) is 0 Å². The predicted molar refractivity (Wildman–Crippen MR) is 73.1 cm³/mol. The van der Waals surface area contributed by atoms with E-state index >= 15 is 0 Å². The van der Waals surface area contributed by atoms with Gasteiger partial charge in [-0.1, -0.05) is 26.7 Å². The van der Waals surface area contributed by atoms with Crippen LogP contribution in [-0.4, -0.2) is 29.5 Å². The van der Waals surface area contributed by atoms with Crippen molar-refractivity contribution >= 4 is 5.96 Å². The minimum Gasteiger partial charge on any atom is -0.370 e. The molecule has 0 unspecified atom stereocenters. The fourth-order valence-electron chi connectivity index (χ4n) is 2.56. The van der Waals surface area contributed by atoms with Crippen LogP contribution in [0.4, 0.5) is 0 Å². The van der Waals surface area contributed by atoms with Gasteiger partial charge in [-0.25, -0.2) is 4.99 Å². The number of hydrogen-bond donors (Lipinski definition) is 1. The van der Waals surface area contributed by atoms with E-state index in [1.807, 2.05) is 0 Å². The van der Waals surface area contributed by atoms with Gasteiger partial charge in [0.15, 0.2) is 5.96 Å². The van der Waals surface area contributed by atoms with Crippen molar-refractivity contribution in [1.82, 2.24) is 4.90 Å². The third kappa shape index (κ3) is 3.90. The average Bonchev–Trinajstić information content (AvgIpc) is 2.92. The second-order valence-electron chi connectivity index (χ2n) is 6.03. The van der Waals surface area contributed by atoms with E-state index in [-0.39, 0.29) is 0 Å². The Morgan fingerprint density at radius 1 is 1.24 bits per heavy atom. The lowest BCUT2D eigenvalue weighted by Crippen LogP contribution is -2.44. The van der Waals surface area contributed by atoms with Crippen molar-refractivity contribution in [3.8, 4) is 0 Å². The molecule has 0 atom stereocenters. The molecule has 0 heterocycles. The Labute approximate surface area is 105 Å². The smallest absolute Gasteiger partial charge is 0.191 e. The van der Waals surface area contributed by atoms with E-state index in [9.17, 15) is 0 Å². The van der Waals surface area contributed by atoms with E-state index < -0.39 is 0 Å². The minimum atomic E-state index is 0.540. The summed E-state index contributed by atoms with van der Waals surface area (Å²) >= 11 is 0. The van der Waals surface area contributed by atoms with Crippen LogP contribution >= 0.6 is 0 Å². The van der Waals surface area contributed by atoms with Crippen molar-refractivity contribution < 1.29 is 0 Å². The van der Waals surface area contributed by atoms with Gasteiger partial charge in [-0.2, -0.15) is 0 Å². The van der Waals surface area contributed by atoms with Crippen molar-refractivity contribution in [2.24, 2.45) is 16.6 Å². The molecule has 98 valence electrons. The molecule has 0 aromatic carbocycles. The molecule has 3 nitrogen and oxygen atoms in total. The fourth-order valence-corrected chi connectivity index (χ4v) is 2.56. The van der Waals surface area contributed by atoms with Crippen LogP contribution in [0.5, 0.6) is 0 Å². The summed E-state index contributed by atoms with van der Waals surface area (Å²) in [5, 5.41) is 0. The van der Waals surface area contributed by atoms with Crippen LogP contribution in [0.25, 0.3) is 0 Å². The average molecular weight is 237 g/mol. The number of aliphatic imine (C=N–C) groups is 1. The van der Waals surface area contributed by atoms with Gasteiger partial charge in [0.05, 0.1) is 6.04 Å². The molecule has 0 amide bonds. The van der Waals surface area contributed by atoms with Gasteiger partial charge in [0.25, 0.3) is 0 Å². The van der Waals surface area contributed by atoms with E-state index in [0.29, 0.717) is 12.1 Å². The van der Waals surface area contributed by atoms with Crippen LogP contribution in [0.3, 0.4) is 0 Å². The molecule has 0 aromatic rings. The summed E-state index contributed by atoms with van der Waals surface area (Å²) in [5.41, 5.74) is 6.20. The Hall–Kier alpha value is -0.730. The molecule has 0 aromatic heterocycles. The molecular weight excluding hydrogens is 210 g/mol. The van der Waals surface area contributed by atoms with Gasteiger partial charge in [-0.05, 0) is 38.0 Å². The topological polar surface area (TPSA) is 41.6 Å². The number of nitrogens with two attached hydrogens (primary N) is 1. The second kappa shape index (κ2) is 5.74. The molecule has 2 rings (SSSR count). The summed E-state index contributed by atoms with van der Waals surface area (Å²) < 4.78 is 0. The van der Waals surface area contributed by atoms with Crippen LogP contribution in [0.15, 0.2) is 4.99 Å². The highest BCUT2D eigenvalue weighted by atomic mass is 15.3. The van der Waals surface area contributed by atoms with Gasteiger partial charge in [0.1, 0.15) is 0 Å². The number of nitrogens with zero attached hydrogens (tertiary/aromatic N) is 2. The molecule has 2 saturated carbocycles. The number of guanidine groups is 1. The molecule has 2 N–H and O–H groups in total. The lowest BCUT2D eigenvalue weighted by atomic mass is 10.1. The highest BCUT2D eigenvalue weighted by Crippen LogP contribution is 2.27. The van der Waals surface area contributed by atoms with Crippen molar-refractivity contribution in [3.63, 3.8) is 0 Å². The number of rotatable bonds is 5. The van der Waals surface area contributed by atoms with E-state index in [4.69, 9.17) is 5.73 Å². The summed E-state index contributed by atoms with van der Waals surface area (Å²) in [6.45, 7) is 5.65. The monoisotopic (exact) mass is 237 g/mol. The summed E-state index contributed by atoms with van der Waals surface area (Å²) in [6, 6.07) is 1.20. The van der Waals surface area contributed by atoms with Crippen LogP contribution in [0.1, 0.15) is 58.8 Å². The van der Waals surface area contributed by atoms with Crippen LogP contribution in [0, 0.1) is 5.92 Å². The molecule has 2 fully saturated rings. The van der Waals surface area contributed by atoms with E-state index in [0.717, 1.165) is 18.4 Å². The van der Waals surface area contributed by atoms with Gasteiger partial charge in [-0.15, -0.1) is 0 Å². The van der Waals surface area contributed by atoms with Crippen molar-refractivity contribution in [2.45, 2.75) is 70.9 Å². The third-order valence-corrected chi connectivity index (χ3v) is 3.87. The first-order valence-electron chi connectivity index (χ1n) is 7.26. The third-order valence-electron chi connectivity index (χ3n) is 3.87.